The molecule has 3 aromatic rings. The summed E-state index contributed by atoms with van der Waals surface area (Å²) >= 11 is 0. The van der Waals surface area contributed by atoms with Gasteiger partial charge in [-0.15, -0.1) is 0 Å². The van der Waals surface area contributed by atoms with Crippen molar-refractivity contribution in [3.63, 3.8) is 0 Å². The first-order valence-corrected chi connectivity index (χ1v) is 8.03. The van der Waals surface area contributed by atoms with Gasteiger partial charge in [0.05, 0.1) is 28.9 Å². The van der Waals surface area contributed by atoms with E-state index in [1.54, 1.807) is 36.4 Å². The number of para-hydroxylation sites is 1. The van der Waals surface area contributed by atoms with Crippen molar-refractivity contribution in [1.29, 1.82) is 0 Å². The zero-order chi connectivity index (χ0) is 19.1. The summed E-state index contributed by atoms with van der Waals surface area (Å²) in [6, 6.07) is 12.8. The minimum atomic E-state index is -0.717. The van der Waals surface area contributed by atoms with Gasteiger partial charge >= 0.3 is 11.6 Å². The SMILES string of the molecule is COC1=C(N)C(c2ccc([N+](=O)[O-])cc2)c2c(c3ccccc3oc2=O)O1. The summed E-state index contributed by atoms with van der Waals surface area (Å²) in [6.07, 6.45) is 0. The lowest BCUT2D eigenvalue weighted by Gasteiger charge is -2.27. The van der Waals surface area contributed by atoms with E-state index in [9.17, 15) is 14.9 Å². The van der Waals surface area contributed by atoms with Gasteiger partial charge in [-0.05, 0) is 17.7 Å². The Balaban J connectivity index is 1.99. The number of rotatable bonds is 3. The summed E-state index contributed by atoms with van der Waals surface area (Å²) in [5.74, 6) is -0.344. The molecule has 136 valence electrons. The van der Waals surface area contributed by atoms with Gasteiger partial charge in [-0.2, -0.15) is 0 Å². The highest BCUT2D eigenvalue weighted by molar-refractivity contribution is 5.85. The van der Waals surface area contributed by atoms with Crippen LogP contribution in [0.4, 0.5) is 5.69 Å². The Labute approximate surface area is 152 Å². The Hall–Kier alpha value is -3.81. The molecular formula is C19H14N2O6. The molecule has 0 saturated carbocycles. The van der Waals surface area contributed by atoms with Gasteiger partial charge in [0.2, 0.25) is 0 Å². The Morgan fingerprint density at radius 3 is 2.52 bits per heavy atom. The molecule has 2 N–H and O–H groups in total. The summed E-state index contributed by atoms with van der Waals surface area (Å²) in [5, 5.41) is 11.5. The third-order valence-corrected chi connectivity index (χ3v) is 4.45. The van der Waals surface area contributed by atoms with E-state index in [1.807, 2.05) is 0 Å². The predicted octanol–water partition coefficient (Wildman–Crippen LogP) is 3.00. The van der Waals surface area contributed by atoms with Crippen molar-refractivity contribution in [2.75, 3.05) is 7.11 Å². The minimum absolute atomic E-state index is 0.0638. The zero-order valence-corrected chi connectivity index (χ0v) is 14.2. The Morgan fingerprint density at radius 2 is 1.85 bits per heavy atom. The van der Waals surface area contributed by atoms with Crippen molar-refractivity contribution < 1.29 is 18.8 Å². The molecule has 0 radical (unpaired) electrons. The van der Waals surface area contributed by atoms with Crippen LogP contribution in [0.3, 0.4) is 0 Å². The molecule has 1 aliphatic heterocycles. The van der Waals surface area contributed by atoms with Crippen LogP contribution in [0.1, 0.15) is 17.0 Å². The van der Waals surface area contributed by atoms with Gasteiger partial charge in [0, 0.05) is 12.1 Å². The van der Waals surface area contributed by atoms with Crippen LogP contribution in [-0.4, -0.2) is 12.0 Å². The van der Waals surface area contributed by atoms with Crippen molar-refractivity contribution in [2.24, 2.45) is 5.73 Å². The molecule has 4 rings (SSSR count). The van der Waals surface area contributed by atoms with Crippen molar-refractivity contribution in [3.8, 4) is 5.75 Å². The van der Waals surface area contributed by atoms with E-state index in [0.717, 1.165) is 0 Å². The molecule has 0 aliphatic carbocycles. The Morgan fingerprint density at radius 1 is 1.15 bits per heavy atom. The number of allylic oxidation sites excluding steroid dienone is 1. The molecule has 0 saturated heterocycles. The standard InChI is InChI=1S/C19H14N2O6/c1-25-19-16(20)14(10-6-8-11(9-7-10)21(23)24)15-17(27-19)12-4-2-3-5-13(12)26-18(15)22/h2-9,14H,20H2,1H3. The third-order valence-electron chi connectivity index (χ3n) is 4.45. The number of benzene rings is 2. The number of nitrogens with two attached hydrogens (primary N) is 1. The summed E-state index contributed by atoms with van der Waals surface area (Å²) in [6.45, 7) is 0. The molecule has 1 aromatic heterocycles. The number of non-ortho nitro benzene ring substituents is 1. The van der Waals surface area contributed by atoms with E-state index < -0.39 is 16.5 Å². The number of nitro benzene ring substituents is 1. The molecule has 1 unspecified atom stereocenters. The second kappa shape index (κ2) is 6.17. The van der Waals surface area contributed by atoms with Crippen LogP contribution in [0.5, 0.6) is 5.75 Å². The molecule has 8 heteroatoms. The average molecular weight is 366 g/mol. The summed E-state index contributed by atoms with van der Waals surface area (Å²) in [7, 11) is 1.41. The maximum absolute atomic E-state index is 12.7. The van der Waals surface area contributed by atoms with Gasteiger partial charge in [0.15, 0.2) is 5.75 Å². The fourth-order valence-corrected chi connectivity index (χ4v) is 3.21. The lowest BCUT2D eigenvalue weighted by molar-refractivity contribution is -0.384. The van der Waals surface area contributed by atoms with E-state index in [2.05, 4.69) is 0 Å². The van der Waals surface area contributed by atoms with E-state index in [1.165, 1.54) is 19.2 Å². The fraction of sp³-hybridized carbons (Fsp3) is 0.105. The first kappa shape index (κ1) is 16.6. The van der Waals surface area contributed by atoms with Crippen LogP contribution in [-0.2, 0) is 4.74 Å². The molecule has 27 heavy (non-hydrogen) atoms. The molecule has 2 heterocycles. The highest BCUT2D eigenvalue weighted by atomic mass is 16.7. The molecular weight excluding hydrogens is 352 g/mol. The number of nitro groups is 1. The van der Waals surface area contributed by atoms with Crippen LogP contribution in [0.25, 0.3) is 11.0 Å². The number of ether oxygens (including phenoxy) is 2. The zero-order valence-electron chi connectivity index (χ0n) is 14.2. The van der Waals surface area contributed by atoms with Gasteiger partial charge in [0.1, 0.15) is 11.3 Å². The van der Waals surface area contributed by atoms with Crippen molar-refractivity contribution in [1.82, 2.24) is 0 Å². The maximum Gasteiger partial charge on any atom is 0.344 e. The van der Waals surface area contributed by atoms with E-state index >= 15 is 0 Å². The summed E-state index contributed by atoms with van der Waals surface area (Å²) in [5.41, 5.74) is 6.91. The lowest BCUT2D eigenvalue weighted by atomic mass is 9.87. The first-order valence-electron chi connectivity index (χ1n) is 8.03. The van der Waals surface area contributed by atoms with Crippen LogP contribution in [0, 0.1) is 10.1 Å². The van der Waals surface area contributed by atoms with Crippen LogP contribution in [0.2, 0.25) is 0 Å². The monoisotopic (exact) mass is 366 g/mol. The quantitative estimate of drug-likeness (QED) is 0.430. The molecule has 0 fully saturated rings. The molecule has 0 spiro atoms. The average Bonchev–Trinajstić information content (AvgIpc) is 2.68. The van der Waals surface area contributed by atoms with Gasteiger partial charge < -0.3 is 19.6 Å². The Bertz CT molecular complexity index is 1150. The van der Waals surface area contributed by atoms with Gasteiger partial charge in [-0.1, -0.05) is 24.3 Å². The lowest BCUT2D eigenvalue weighted by Crippen LogP contribution is -2.28. The predicted molar refractivity (Wildman–Crippen MR) is 96.3 cm³/mol. The topological polar surface area (TPSA) is 118 Å². The second-order valence-electron chi connectivity index (χ2n) is 5.96. The minimum Gasteiger partial charge on any atom is -0.467 e. The number of hydrogen-bond acceptors (Lipinski definition) is 7. The largest absolute Gasteiger partial charge is 0.467 e. The smallest absolute Gasteiger partial charge is 0.344 e. The Kier molecular flexibility index (Phi) is 3.80. The van der Waals surface area contributed by atoms with E-state index in [4.69, 9.17) is 19.6 Å². The normalized spacial score (nSPS) is 16.0. The van der Waals surface area contributed by atoms with Crippen molar-refractivity contribution in [3.05, 3.63) is 91.8 Å². The van der Waals surface area contributed by atoms with Crippen LogP contribution in [0.15, 0.2) is 69.4 Å². The third kappa shape index (κ3) is 2.58. The number of hydrogen-bond donors (Lipinski definition) is 1. The molecule has 1 atom stereocenters. The molecule has 2 aromatic carbocycles. The van der Waals surface area contributed by atoms with Crippen LogP contribution < -0.4 is 16.1 Å². The number of methoxy groups -OCH3 is 1. The molecule has 1 aliphatic rings. The van der Waals surface area contributed by atoms with Crippen LogP contribution >= 0.6 is 0 Å². The number of fused-ring (bicyclic) bond motifs is 3. The van der Waals surface area contributed by atoms with Crippen molar-refractivity contribution >= 4 is 16.7 Å². The van der Waals surface area contributed by atoms with Gasteiger partial charge in [-0.3, -0.25) is 10.1 Å². The molecule has 0 bridgehead atoms. The number of nitrogens with zero attached hydrogens (tertiary/aromatic N) is 1. The van der Waals surface area contributed by atoms with E-state index in [0.29, 0.717) is 22.3 Å². The fourth-order valence-electron chi connectivity index (χ4n) is 3.21. The van der Waals surface area contributed by atoms with Gasteiger partial charge in [-0.25, -0.2) is 4.79 Å². The maximum atomic E-state index is 12.7. The van der Waals surface area contributed by atoms with Gasteiger partial charge in [0.25, 0.3) is 5.69 Å². The van der Waals surface area contributed by atoms with E-state index in [-0.39, 0.29) is 22.9 Å². The summed E-state index contributed by atoms with van der Waals surface area (Å²) in [4.78, 5) is 23.1. The highest BCUT2D eigenvalue weighted by Gasteiger charge is 2.35. The molecule has 0 amide bonds. The summed E-state index contributed by atoms with van der Waals surface area (Å²) < 4.78 is 16.4. The van der Waals surface area contributed by atoms with Crippen molar-refractivity contribution in [2.45, 2.75) is 5.92 Å². The molecule has 8 nitrogen and oxygen atoms in total. The first-order chi connectivity index (χ1) is 13.0. The highest BCUT2D eigenvalue weighted by Crippen LogP contribution is 2.43. The second-order valence-corrected chi connectivity index (χ2v) is 5.96.